The highest BCUT2D eigenvalue weighted by Gasteiger charge is 2.29. The van der Waals surface area contributed by atoms with Crippen molar-refractivity contribution in [3.8, 4) is 0 Å². The van der Waals surface area contributed by atoms with Crippen molar-refractivity contribution in [3.63, 3.8) is 0 Å². The van der Waals surface area contributed by atoms with Crippen molar-refractivity contribution in [1.29, 1.82) is 0 Å². The highest BCUT2D eigenvalue weighted by molar-refractivity contribution is 6.30. The molecule has 0 bridgehead atoms. The lowest BCUT2D eigenvalue weighted by Gasteiger charge is -2.11. The van der Waals surface area contributed by atoms with Crippen LogP contribution in [0.5, 0.6) is 0 Å². The van der Waals surface area contributed by atoms with Gasteiger partial charge >= 0.3 is 0 Å². The van der Waals surface area contributed by atoms with Crippen molar-refractivity contribution < 1.29 is 14.0 Å². The van der Waals surface area contributed by atoms with Crippen LogP contribution in [0.2, 0.25) is 5.02 Å². The lowest BCUT2D eigenvalue weighted by Crippen LogP contribution is -2.45. The molecule has 1 aromatic carbocycles. The van der Waals surface area contributed by atoms with Gasteiger partial charge < -0.3 is 15.1 Å². The van der Waals surface area contributed by atoms with Crippen LogP contribution in [0.1, 0.15) is 28.6 Å². The standard InChI is InChI=1S/C17H19ClN4O3/c18-12-4-1-3-11(9-12)13-10-14(22-21-13)16(23)19-6-7-20-17(24)15-5-2-8-25-15/h1-5,8-9,13-14,21-22H,6-7,10H2,(H,19,23)(H,20,24). The molecule has 3 rings (SSSR count). The van der Waals surface area contributed by atoms with Crippen LogP contribution in [-0.2, 0) is 4.79 Å². The van der Waals surface area contributed by atoms with E-state index in [1.807, 2.05) is 24.3 Å². The molecule has 2 aromatic rings. The summed E-state index contributed by atoms with van der Waals surface area (Å²) >= 11 is 6.00. The zero-order valence-electron chi connectivity index (χ0n) is 13.4. The minimum Gasteiger partial charge on any atom is -0.459 e. The maximum Gasteiger partial charge on any atom is 0.287 e. The monoisotopic (exact) mass is 362 g/mol. The maximum absolute atomic E-state index is 12.2. The Bertz CT molecular complexity index is 735. The van der Waals surface area contributed by atoms with Crippen LogP contribution in [0.25, 0.3) is 0 Å². The number of hydrogen-bond donors (Lipinski definition) is 4. The Morgan fingerprint density at radius 3 is 2.76 bits per heavy atom. The summed E-state index contributed by atoms with van der Waals surface area (Å²) in [5, 5.41) is 6.14. The first-order valence-corrected chi connectivity index (χ1v) is 8.37. The van der Waals surface area contributed by atoms with Crippen molar-refractivity contribution in [1.82, 2.24) is 21.5 Å². The third-order valence-corrected chi connectivity index (χ3v) is 4.16. The molecular formula is C17H19ClN4O3. The zero-order chi connectivity index (χ0) is 17.6. The molecule has 8 heteroatoms. The van der Waals surface area contributed by atoms with E-state index in [0.717, 1.165) is 5.56 Å². The van der Waals surface area contributed by atoms with Crippen molar-refractivity contribution in [3.05, 3.63) is 59.0 Å². The summed E-state index contributed by atoms with van der Waals surface area (Å²) in [6, 6.07) is 10.5. The van der Waals surface area contributed by atoms with Crippen molar-refractivity contribution in [2.24, 2.45) is 0 Å². The second-order valence-corrected chi connectivity index (χ2v) is 6.15. The Hall–Kier alpha value is -2.35. The number of carbonyl (C=O) groups excluding carboxylic acids is 2. The molecule has 1 fully saturated rings. The summed E-state index contributed by atoms with van der Waals surface area (Å²) < 4.78 is 4.99. The number of rotatable bonds is 6. The molecule has 2 unspecified atom stereocenters. The number of furan rings is 1. The van der Waals surface area contributed by atoms with E-state index < -0.39 is 0 Å². The molecule has 2 atom stereocenters. The van der Waals surface area contributed by atoms with E-state index in [1.54, 1.807) is 12.1 Å². The van der Waals surface area contributed by atoms with Gasteiger partial charge in [-0.25, -0.2) is 10.9 Å². The van der Waals surface area contributed by atoms with E-state index in [1.165, 1.54) is 6.26 Å². The Morgan fingerprint density at radius 2 is 2.00 bits per heavy atom. The first kappa shape index (κ1) is 17.5. The van der Waals surface area contributed by atoms with Gasteiger partial charge in [-0.05, 0) is 36.2 Å². The van der Waals surface area contributed by atoms with Gasteiger partial charge in [0.2, 0.25) is 5.91 Å². The molecule has 2 amide bonds. The van der Waals surface area contributed by atoms with E-state index in [-0.39, 0.29) is 29.7 Å². The van der Waals surface area contributed by atoms with E-state index in [9.17, 15) is 9.59 Å². The quantitative estimate of drug-likeness (QED) is 0.582. The van der Waals surface area contributed by atoms with Crippen LogP contribution in [-0.4, -0.2) is 30.9 Å². The molecule has 2 heterocycles. The molecule has 4 N–H and O–H groups in total. The SMILES string of the molecule is O=C(NCCNC(=O)C1CC(c2cccc(Cl)c2)NN1)c1ccco1. The smallest absolute Gasteiger partial charge is 0.287 e. The number of hydrogen-bond acceptors (Lipinski definition) is 5. The zero-order valence-corrected chi connectivity index (χ0v) is 14.2. The average molecular weight is 363 g/mol. The largest absolute Gasteiger partial charge is 0.459 e. The number of nitrogens with one attached hydrogen (secondary N) is 4. The Labute approximate surface area is 150 Å². The van der Waals surface area contributed by atoms with E-state index in [2.05, 4.69) is 21.5 Å². The minimum atomic E-state index is -0.343. The number of halogens is 1. The third-order valence-electron chi connectivity index (χ3n) is 3.93. The molecule has 0 radical (unpaired) electrons. The second kappa shape index (κ2) is 8.15. The highest BCUT2D eigenvalue weighted by Crippen LogP contribution is 2.24. The fourth-order valence-electron chi connectivity index (χ4n) is 2.65. The van der Waals surface area contributed by atoms with Crippen LogP contribution in [0.3, 0.4) is 0 Å². The average Bonchev–Trinajstić information content (AvgIpc) is 3.30. The van der Waals surface area contributed by atoms with Gasteiger partial charge in [0, 0.05) is 24.2 Å². The normalized spacial score (nSPS) is 19.6. The second-order valence-electron chi connectivity index (χ2n) is 5.71. The summed E-state index contributed by atoms with van der Waals surface area (Å²) in [6.45, 7) is 0.661. The molecule has 132 valence electrons. The van der Waals surface area contributed by atoms with Gasteiger partial charge in [-0.3, -0.25) is 9.59 Å². The molecule has 0 spiro atoms. The molecule has 0 aliphatic carbocycles. The van der Waals surface area contributed by atoms with Crippen LogP contribution in [0, 0.1) is 0 Å². The van der Waals surface area contributed by atoms with Crippen LogP contribution < -0.4 is 21.5 Å². The fraction of sp³-hybridized carbons (Fsp3) is 0.294. The van der Waals surface area contributed by atoms with Gasteiger partial charge in [0.15, 0.2) is 5.76 Å². The number of carbonyl (C=O) groups is 2. The van der Waals surface area contributed by atoms with Crippen LogP contribution in [0.4, 0.5) is 0 Å². The van der Waals surface area contributed by atoms with E-state index >= 15 is 0 Å². The van der Waals surface area contributed by atoms with Gasteiger partial charge in [-0.2, -0.15) is 0 Å². The summed E-state index contributed by atoms with van der Waals surface area (Å²) in [4.78, 5) is 23.9. The number of hydrazine groups is 1. The van der Waals surface area contributed by atoms with Crippen molar-refractivity contribution in [2.45, 2.75) is 18.5 Å². The summed E-state index contributed by atoms with van der Waals surface area (Å²) in [6.07, 6.45) is 2.05. The Balaban J connectivity index is 1.40. The predicted octanol–water partition coefficient (Wildman–Crippen LogP) is 1.39. The van der Waals surface area contributed by atoms with Gasteiger partial charge in [0.1, 0.15) is 6.04 Å². The van der Waals surface area contributed by atoms with Crippen LogP contribution >= 0.6 is 11.6 Å². The summed E-state index contributed by atoms with van der Waals surface area (Å²) in [5.41, 5.74) is 7.12. The van der Waals surface area contributed by atoms with Gasteiger partial charge in [0.05, 0.1) is 6.26 Å². The molecule has 1 saturated heterocycles. The summed E-state index contributed by atoms with van der Waals surface area (Å²) in [5.74, 6) is -0.178. The molecule has 25 heavy (non-hydrogen) atoms. The van der Waals surface area contributed by atoms with E-state index in [0.29, 0.717) is 24.5 Å². The Morgan fingerprint density at radius 1 is 1.16 bits per heavy atom. The number of benzene rings is 1. The summed E-state index contributed by atoms with van der Waals surface area (Å²) in [7, 11) is 0. The lowest BCUT2D eigenvalue weighted by molar-refractivity contribution is -0.122. The topological polar surface area (TPSA) is 95.4 Å². The lowest BCUT2D eigenvalue weighted by atomic mass is 10.0. The Kier molecular flexibility index (Phi) is 5.70. The van der Waals surface area contributed by atoms with Gasteiger partial charge in [-0.15, -0.1) is 0 Å². The molecule has 1 aliphatic rings. The third kappa shape index (κ3) is 4.60. The predicted molar refractivity (Wildman–Crippen MR) is 92.9 cm³/mol. The molecule has 1 aliphatic heterocycles. The molecular weight excluding hydrogens is 344 g/mol. The molecule has 1 aromatic heterocycles. The highest BCUT2D eigenvalue weighted by atomic mass is 35.5. The van der Waals surface area contributed by atoms with Crippen LogP contribution in [0.15, 0.2) is 47.1 Å². The maximum atomic E-state index is 12.2. The minimum absolute atomic E-state index is 0.0214. The first-order chi connectivity index (χ1) is 12.1. The van der Waals surface area contributed by atoms with Gasteiger partial charge in [0.25, 0.3) is 5.91 Å². The van der Waals surface area contributed by atoms with E-state index in [4.69, 9.17) is 16.0 Å². The number of amides is 2. The van der Waals surface area contributed by atoms with Gasteiger partial charge in [-0.1, -0.05) is 23.7 Å². The van der Waals surface area contributed by atoms with Crippen molar-refractivity contribution in [2.75, 3.05) is 13.1 Å². The molecule has 0 saturated carbocycles. The first-order valence-electron chi connectivity index (χ1n) is 7.99. The molecule has 7 nitrogen and oxygen atoms in total. The fourth-order valence-corrected chi connectivity index (χ4v) is 2.85. The van der Waals surface area contributed by atoms with Crippen molar-refractivity contribution >= 4 is 23.4 Å².